The lowest BCUT2D eigenvalue weighted by Crippen LogP contribution is -2.28. The average molecular weight is 935 g/mol. The number of carboxylic acids is 1. The maximum atomic E-state index is 13.1. The summed E-state index contributed by atoms with van der Waals surface area (Å²) >= 11 is 26.1. The van der Waals surface area contributed by atoms with Crippen molar-refractivity contribution in [2.24, 2.45) is 0 Å². The zero-order valence-corrected chi connectivity index (χ0v) is 35.6. The first kappa shape index (κ1) is 45.3. The summed E-state index contributed by atoms with van der Waals surface area (Å²) in [5.74, 6) is -0.211. The normalized spacial score (nSPS) is 11.2. The van der Waals surface area contributed by atoms with Crippen molar-refractivity contribution in [1.82, 2.24) is 35.2 Å². The van der Waals surface area contributed by atoms with E-state index in [0.29, 0.717) is 62.0 Å². The minimum atomic E-state index is -4.34. The van der Waals surface area contributed by atoms with Gasteiger partial charge in [-0.25, -0.2) is 9.78 Å². The van der Waals surface area contributed by atoms with Crippen molar-refractivity contribution in [3.05, 3.63) is 104 Å². The molecular weight excluding hydrogens is 903 g/mol. The van der Waals surface area contributed by atoms with Gasteiger partial charge in [-0.3, -0.25) is 30.0 Å². The van der Waals surface area contributed by atoms with Gasteiger partial charge in [0.15, 0.2) is 0 Å². The third-order valence-corrected chi connectivity index (χ3v) is 10.4. The highest BCUT2D eigenvalue weighted by atomic mass is 35.5. The Kier molecular flexibility index (Phi) is 14.1. The van der Waals surface area contributed by atoms with Crippen molar-refractivity contribution in [1.29, 1.82) is 0 Å². The number of methoxy groups -OCH3 is 4. The number of aromatic amines is 1. The molecule has 0 radical (unpaired) electrons. The molecule has 62 heavy (non-hydrogen) atoms. The lowest BCUT2D eigenvalue weighted by Gasteiger charge is -2.16. The van der Waals surface area contributed by atoms with Crippen LogP contribution in [0.4, 0.5) is 19.1 Å². The summed E-state index contributed by atoms with van der Waals surface area (Å²) in [6.45, 7) is -1.27. The quantitative estimate of drug-likeness (QED) is 0.0905. The van der Waals surface area contributed by atoms with E-state index in [1.165, 1.54) is 71.6 Å². The van der Waals surface area contributed by atoms with E-state index in [1.54, 1.807) is 24.3 Å². The Bertz CT molecular complexity index is 2770. The van der Waals surface area contributed by atoms with Gasteiger partial charge in [0.05, 0.1) is 89.1 Å². The number of imidazole rings is 1. The molecule has 1 amide bonds. The SMILES string of the molecule is COc1cc(OC)c(Cl)c(-c2ccc(C(=O)Nc3ncc(CNCC(F)(F)F)[nH]3)c3nccnc23)c1Cl.COc1cc(OC)c(Cl)c(-c2ccc(C(=O)O)c3nccnc23)c1Cl. The third kappa shape index (κ3) is 9.49. The number of hydrogen-bond acceptors (Lipinski definition) is 12. The van der Waals surface area contributed by atoms with Crippen molar-refractivity contribution in [2.75, 3.05) is 40.3 Å². The zero-order valence-electron chi connectivity index (χ0n) is 32.5. The highest BCUT2D eigenvalue weighted by Gasteiger charge is 2.27. The van der Waals surface area contributed by atoms with Crippen LogP contribution in [0.15, 0.2) is 67.4 Å². The van der Waals surface area contributed by atoms with E-state index in [4.69, 9.17) is 65.4 Å². The number of ether oxygens (including phenoxy) is 4. The van der Waals surface area contributed by atoms with Crippen LogP contribution in [0.25, 0.3) is 44.3 Å². The van der Waals surface area contributed by atoms with E-state index in [1.807, 2.05) is 0 Å². The summed E-state index contributed by atoms with van der Waals surface area (Å²) in [5, 5.41) is 15.2. The van der Waals surface area contributed by atoms with Crippen LogP contribution in [0, 0.1) is 0 Å². The number of nitrogens with one attached hydrogen (secondary N) is 3. The standard InChI is InChI=1S/C23H19Cl2F3N6O3.C17H12Cl2N2O4/c1-36-14-7-15(37-2)18(25)16(17(14)24)12-3-4-13(20-19(12)30-5-6-31-20)21(35)34-22-32-9-11(33-22)8-29-10-23(26,27)28;1-24-10-7-11(25-2)14(19)12(13(10)18)8-3-4-9(17(22)23)16-15(8)20-5-6-21-16/h3-7,9,29H,8,10H2,1-2H3,(H2,32,33,34,35);3-7H,1-2H3,(H,22,23). The number of benzene rings is 4. The van der Waals surface area contributed by atoms with Crippen LogP contribution in [0.2, 0.25) is 20.1 Å². The van der Waals surface area contributed by atoms with E-state index in [2.05, 4.69) is 40.5 Å². The van der Waals surface area contributed by atoms with Gasteiger partial charge in [0.25, 0.3) is 5.91 Å². The van der Waals surface area contributed by atoms with Gasteiger partial charge in [-0.15, -0.1) is 0 Å². The number of hydrogen-bond donors (Lipinski definition) is 4. The maximum Gasteiger partial charge on any atom is 0.401 e. The smallest absolute Gasteiger partial charge is 0.401 e. The Morgan fingerprint density at radius 3 is 1.50 bits per heavy atom. The van der Waals surface area contributed by atoms with Crippen LogP contribution in [0.3, 0.4) is 0 Å². The molecule has 0 atom stereocenters. The van der Waals surface area contributed by atoms with E-state index in [-0.39, 0.29) is 54.7 Å². The second-order valence-corrected chi connectivity index (χ2v) is 14.1. The molecule has 0 bridgehead atoms. The molecule has 0 saturated carbocycles. The number of rotatable bonds is 12. The second kappa shape index (κ2) is 19.3. The molecule has 0 fully saturated rings. The Labute approximate surface area is 369 Å². The molecule has 7 aromatic rings. The van der Waals surface area contributed by atoms with Crippen molar-refractivity contribution in [2.45, 2.75) is 12.7 Å². The lowest BCUT2D eigenvalue weighted by atomic mass is 9.99. The van der Waals surface area contributed by atoms with E-state index in [0.717, 1.165) is 0 Å². The van der Waals surface area contributed by atoms with Crippen LogP contribution >= 0.6 is 46.4 Å². The molecule has 0 saturated heterocycles. The topological polar surface area (TPSA) is 196 Å². The molecule has 322 valence electrons. The molecule has 15 nitrogen and oxygen atoms in total. The van der Waals surface area contributed by atoms with Crippen LogP contribution in [-0.2, 0) is 6.54 Å². The predicted octanol–water partition coefficient (Wildman–Crippen LogP) is 9.57. The van der Waals surface area contributed by atoms with Gasteiger partial charge in [0.2, 0.25) is 5.95 Å². The fourth-order valence-corrected chi connectivity index (χ4v) is 7.55. The number of carbonyl (C=O) groups excluding carboxylic acids is 1. The largest absolute Gasteiger partial charge is 0.495 e. The number of halogens is 7. The molecule has 4 N–H and O–H groups in total. The summed E-state index contributed by atoms with van der Waals surface area (Å²) < 4.78 is 58.2. The second-order valence-electron chi connectivity index (χ2n) is 12.6. The van der Waals surface area contributed by atoms with E-state index in [9.17, 15) is 27.9 Å². The monoisotopic (exact) mass is 932 g/mol. The molecule has 0 aliphatic rings. The third-order valence-electron chi connectivity index (χ3n) is 8.91. The molecule has 3 aromatic heterocycles. The molecule has 3 heterocycles. The highest BCUT2D eigenvalue weighted by Crippen LogP contribution is 2.49. The molecule has 7 rings (SSSR count). The van der Waals surface area contributed by atoms with Crippen molar-refractivity contribution >= 4 is 86.3 Å². The Hall–Kier alpha value is -6.18. The summed E-state index contributed by atoms with van der Waals surface area (Å²) in [4.78, 5) is 48.4. The Morgan fingerprint density at radius 2 is 1.08 bits per heavy atom. The van der Waals surface area contributed by atoms with Gasteiger partial charge in [0.1, 0.15) is 34.0 Å². The molecule has 0 aliphatic heterocycles. The summed E-state index contributed by atoms with van der Waals surface area (Å²) in [7, 11) is 5.86. The number of carboxylic acid groups (broad SMARTS) is 1. The number of carbonyl (C=O) groups is 2. The van der Waals surface area contributed by atoms with Crippen molar-refractivity contribution in [3.63, 3.8) is 0 Å². The number of aromatic nitrogens is 6. The van der Waals surface area contributed by atoms with Gasteiger partial charge in [0, 0.05) is 65.7 Å². The van der Waals surface area contributed by atoms with Crippen LogP contribution in [0.1, 0.15) is 26.4 Å². The fraction of sp³-hybridized carbons (Fsp3) is 0.175. The van der Waals surface area contributed by atoms with Crippen molar-refractivity contribution < 1.29 is 46.8 Å². The van der Waals surface area contributed by atoms with Crippen molar-refractivity contribution in [3.8, 4) is 45.3 Å². The number of alkyl halides is 3. The number of anilines is 1. The van der Waals surface area contributed by atoms with Crippen LogP contribution in [-0.4, -0.2) is 88.0 Å². The number of H-pyrrole nitrogens is 1. The van der Waals surface area contributed by atoms with Gasteiger partial charge in [-0.1, -0.05) is 58.5 Å². The molecule has 0 aliphatic carbocycles. The summed E-state index contributed by atoms with van der Waals surface area (Å²) in [6, 6.07) is 9.30. The number of fused-ring (bicyclic) bond motifs is 2. The molecule has 0 unspecified atom stereocenters. The Morgan fingerprint density at radius 1 is 0.661 bits per heavy atom. The van der Waals surface area contributed by atoms with E-state index >= 15 is 0 Å². The highest BCUT2D eigenvalue weighted by molar-refractivity contribution is 6.42. The predicted molar refractivity (Wildman–Crippen MR) is 227 cm³/mol. The first-order chi connectivity index (χ1) is 29.6. The summed E-state index contributed by atoms with van der Waals surface area (Å²) in [6.07, 6.45) is 2.76. The molecule has 4 aromatic carbocycles. The molecular formula is C40H31Cl4F3N8O7. The van der Waals surface area contributed by atoms with E-state index < -0.39 is 24.6 Å². The van der Waals surface area contributed by atoms with Crippen LogP contribution in [0.5, 0.6) is 23.0 Å². The summed E-state index contributed by atoms with van der Waals surface area (Å²) in [5.41, 5.74) is 3.59. The van der Waals surface area contributed by atoms with Crippen LogP contribution < -0.4 is 29.6 Å². The zero-order chi connectivity index (χ0) is 44.9. The first-order valence-corrected chi connectivity index (χ1v) is 19.2. The number of aromatic carboxylic acids is 1. The van der Waals surface area contributed by atoms with Gasteiger partial charge in [-0.2, -0.15) is 13.2 Å². The number of amides is 1. The van der Waals surface area contributed by atoms with Gasteiger partial charge >= 0.3 is 12.1 Å². The fourth-order valence-electron chi connectivity index (χ4n) is 6.14. The molecule has 22 heteroatoms. The minimum absolute atomic E-state index is 0.0361. The molecule has 0 spiro atoms. The van der Waals surface area contributed by atoms with Gasteiger partial charge in [-0.05, 0) is 12.1 Å². The Balaban J connectivity index is 0.000000223. The first-order valence-electron chi connectivity index (χ1n) is 17.7. The maximum absolute atomic E-state index is 13.1. The van der Waals surface area contributed by atoms with Gasteiger partial charge < -0.3 is 34.4 Å². The number of nitrogens with zero attached hydrogens (tertiary/aromatic N) is 5. The lowest BCUT2D eigenvalue weighted by molar-refractivity contribution is -0.125. The minimum Gasteiger partial charge on any atom is -0.495 e. The average Bonchev–Trinajstić information content (AvgIpc) is 3.70.